The van der Waals surface area contributed by atoms with Crippen LogP contribution in [-0.2, 0) is 19.9 Å². The lowest BCUT2D eigenvalue weighted by molar-refractivity contribution is -0.135. The van der Waals surface area contributed by atoms with Gasteiger partial charge in [-0.25, -0.2) is 9.29 Å². The predicted molar refractivity (Wildman–Crippen MR) is 110 cm³/mol. The molecular weight excluding hydrogens is 453 g/mol. The van der Waals surface area contributed by atoms with Crippen LogP contribution >= 0.6 is 15.9 Å². The van der Waals surface area contributed by atoms with Gasteiger partial charge in [-0.1, -0.05) is 22.0 Å². The quantitative estimate of drug-likeness (QED) is 0.651. The number of hydrogen-bond donors (Lipinski definition) is 1. The van der Waals surface area contributed by atoms with Gasteiger partial charge >= 0.3 is 0 Å². The third-order valence-corrected chi connectivity index (χ3v) is 7.51. The van der Waals surface area contributed by atoms with Crippen molar-refractivity contribution < 1.29 is 18.8 Å². The number of nitrogens with one attached hydrogen (secondary N) is 1. The Morgan fingerprint density at radius 2 is 1.93 bits per heavy atom. The Bertz CT molecular complexity index is 1150. The molecule has 1 spiro atoms. The summed E-state index contributed by atoms with van der Waals surface area (Å²) in [6.45, 7) is 0.596. The van der Waals surface area contributed by atoms with E-state index in [1.54, 1.807) is 18.2 Å². The number of hydrogen-bond acceptors (Lipinski definition) is 4. The summed E-state index contributed by atoms with van der Waals surface area (Å²) in [5.74, 6) is -3.00. The van der Waals surface area contributed by atoms with Gasteiger partial charge in [0.1, 0.15) is 11.4 Å². The van der Waals surface area contributed by atoms with Crippen LogP contribution in [0.15, 0.2) is 46.9 Å². The smallest absolute Gasteiger partial charge is 0.250 e. The van der Waals surface area contributed by atoms with Crippen LogP contribution in [0.5, 0.6) is 0 Å². The molecule has 0 saturated carbocycles. The van der Waals surface area contributed by atoms with Gasteiger partial charge in [-0.15, -0.1) is 0 Å². The topological polar surface area (TPSA) is 69.7 Å². The molecule has 0 aliphatic carbocycles. The van der Waals surface area contributed by atoms with Gasteiger partial charge in [-0.3, -0.25) is 19.3 Å². The van der Waals surface area contributed by atoms with Gasteiger partial charge in [-0.05, 0) is 55.8 Å². The molecule has 1 N–H and O–H groups in total. The number of nitrogens with zero attached hydrogens (tertiary/aromatic N) is 2. The average Bonchev–Trinajstić information content (AvgIpc) is 3.40. The lowest BCUT2D eigenvalue weighted by Crippen LogP contribution is -2.54. The third kappa shape index (κ3) is 2.03. The molecule has 4 aliphatic rings. The average molecular weight is 470 g/mol. The molecule has 152 valence electrons. The highest BCUT2D eigenvalue weighted by atomic mass is 79.9. The number of rotatable bonds is 1. The van der Waals surface area contributed by atoms with E-state index in [-0.39, 0.29) is 17.9 Å². The summed E-state index contributed by atoms with van der Waals surface area (Å²) in [4.78, 5) is 43.9. The third-order valence-electron chi connectivity index (χ3n) is 7.02. The fourth-order valence-electron chi connectivity index (χ4n) is 6.04. The predicted octanol–water partition coefficient (Wildman–Crippen LogP) is 3.02. The minimum absolute atomic E-state index is 0.219. The Kier molecular flexibility index (Phi) is 3.63. The lowest BCUT2D eigenvalue weighted by atomic mass is 9.75. The fourth-order valence-corrected chi connectivity index (χ4v) is 6.43. The van der Waals surface area contributed by atoms with E-state index in [2.05, 4.69) is 21.2 Å². The van der Waals surface area contributed by atoms with Gasteiger partial charge in [-0.2, -0.15) is 0 Å². The molecule has 6 nitrogen and oxygen atoms in total. The molecule has 3 fully saturated rings. The molecule has 4 heterocycles. The Balaban J connectivity index is 1.57. The maximum Gasteiger partial charge on any atom is 0.250 e. The summed E-state index contributed by atoms with van der Waals surface area (Å²) in [5.41, 5.74) is 0.0980. The molecule has 30 heavy (non-hydrogen) atoms. The van der Waals surface area contributed by atoms with Crippen LogP contribution in [0.4, 0.5) is 15.8 Å². The highest BCUT2D eigenvalue weighted by Gasteiger charge is 2.74. The molecule has 0 bridgehead atoms. The van der Waals surface area contributed by atoms with E-state index >= 15 is 0 Å². The molecule has 2 aromatic carbocycles. The molecule has 8 heteroatoms. The van der Waals surface area contributed by atoms with Crippen molar-refractivity contribution in [3.8, 4) is 0 Å². The Labute approximate surface area is 180 Å². The lowest BCUT2D eigenvalue weighted by Gasteiger charge is -2.36. The molecule has 4 aliphatic heterocycles. The first kappa shape index (κ1) is 18.2. The second-order valence-corrected chi connectivity index (χ2v) is 9.22. The normalized spacial score (nSPS) is 32.0. The van der Waals surface area contributed by atoms with Crippen LogP contribution in [0.3, 0.4) is 0 Å². The largest absolute Gasteiger partial charge is 0.324 e. The van der Waals surface area contributed by atoms with Gasteiger partial charge in [0.25, 0.3) is 0 Å². The SMILES string of the molecule is O=C1[C@@H]2[C@@H]3CCCN3[C@@]3(C(=O)Nc4ccc(F)cc43)[C@H]2C(=O)N1c1cccc(Br)c1. The minimum Gasteiger partial charge on any atom is -0.324 e. The van der Waals surface area contributed by atoms with Crippen molar-refractivity contribution in [1.82, 2.24) is 4.90 Å². The molecule has 6 rings (SSSR count). The summed E-state index contributed by atoms with van der Waals surface area (Å²) >= 11 is 3.39. The standard InChI is InChI=1S/C22H17BrFN3O3/c23-11-3-1-4-13(9-11)27-19(28)17-16-5-2-8-26(16)22(18(17)20(27)29)14-10-12(24)6-7-15(14)25-21(22)30/h1,3-4,6-7,9-10,16-18H,2,5,8H2,(H,25,30)/t16-,17+,18+,22+/m0/s1. The van der Waals surface area contributed by atoms with E-state index in [0.29, 0.717) is 23.5 Å². The van der Waals surface area contributed by atoms with Crippen LogP contribution in [-0.4, -0.2) is 35.2 Å². The van der Waals surface area contributed by atoms with Gasteiger partial charge in [0.15, 0.2) is 0 Å². The number of amides is 3. The van der Waals surface area contributed by atoms with Crippen molar-refractivity contribution >= 4 is 45.0 Å². The van der Waals surface area contributed by atoms with Crippen molar-refractivity contribution in [3.63, 3.8) is 0 Å². The van der Waals surface area contributed by atoms with Gasteiger partial charge in [0.2, 0.25) is 17.7 Å². The summed E-state index contributed by atoms with van der Waals surface area (Å²) < 4.78 is 15.0. The first-order valence-corrected chi connectivity index (χ1v) is 10.8. The van der Waals surface area contributed by atoms with Crippen LogP contribution in [0, 0.1) is 17.7 Å². The molecular formula is C22H17BrFN3O3. The number of carbonyl (C=O) groups excluding carboxylic acids is 3. The maximum atomic E-state index is 14.2. The van der Waals surface area contributed by atoms with Gasteiger partial charge in [0, 0.05) is 21.8 Å². The number of anilines is 2. The van der Waals surface area contributed by atoms with Crippen molar-refractivity contribution in [2.45, 2.75) is 24.4 Å². The van der Waals surface area contributed by atoms with E-state index in [1.165, 1.54) is 23.1 Å². The highest BCUT2D eigenvalue weighted by molar-refractivity contribution is 9.10. The van der Waals surface area contributed by atoms with Crippen molar-refractivity contribution in [3.05, 3.63) is 58.3 Å². The Morgan fingerprint density at radius 3 is 2.73 bits per heavy atom. The first-order chi connectivity index (χ1) is 14.4. The summed E-state index contributed by atoms with van der Waals surface area (Å²) in [6.07, 6.45) is 1.55. The minimum atomic E-state index is -1.35. The number of benzene rings is 2. The summed E-state index contributed by atoms with van der Waals surface area (Å²) in [6, 6.07) is 11.0. The molecule has 0 radical (unpaired) electrons. The van der Waals surface area contributed by atoms with E-state index in [9.17, 15) is 18.8 Å². The Morgan fingerprint density at radius 1 is 1.10 bits per heavy atom. The van der Waals surface area contributed by atoms with E-state index in [4.69, 9.17) is 0 Å². The zero-order valence-electron chi connectivity index (χ0n) is 15.8. The Hall–Kier alpha value is -2.58. The van der Waals surface area contributed by atoms with Crippen molar-refractivity contribution in [2.24, 2.45) is 11.8 Å². The summed E-state index contributed by atoms with van der Waals surface area (Å²) in [5, 5.41) is 2.84. The maximum absolute atomic E-state index is 14.2. The van der Waals surface area contributed by atoms with Crippen LogP contribution in [0.1, 0.15) is 18.4 Å². The number of carbonyl (C=O) groups is 3. The second-order valence-electron chi connectivity index (χ2n) is 8.31. The number of halogens is 2. The van der Waals surface area contributed by atoms with E-state index < -0.39 is 29.1 Å². The van der Waals surface area contributed by atoms with E-state index in [0.717, 1.165) is 17.3 Å². The van der Waals surface area contributed by atoms with Crippen LogP contribution in [0.25, 0.3) is 0 Å². The summed E-state index contributed by atoms with van der Waals surface area (Å²) in [7, 11) is 0. The second kappa shape index (κ2) is 5.98. The van der Waals surface area contributed by atoms with Crippen molar-refractivity contribution in [2.75, 3.05) is 16.8 Å². The molecule has 0 aromatic heterocycles. The van der Waals surface area contributed by atoms with Crippen LogP contribution < -0.4 is 10.2 Å². The van der Waals surface area contributed by atoms with Crippen LogP contribution in [0.2, 0.25) is 0 Å². The molecule has 0 unspecified atom stereocenters. The number of fused-ring (bicyclic) bond motifs is 7. The van der Waals surface area contributed by atoms with E-state index in [1.807, 2.05) is 11.0 Å². The monoisotopic (exact) mass is 469 g/mol. The fraction of sp³-hybridized carbons (Fsp3) is 0.318. The number of imide groups is 1. The van der Waals surface area contributed by atoms with Crippen molar-refractivity contribution in [1.29, 1.82) is 0 Å². The highest BCUT2D eigenvalue weighted by Crippen LogP contribution is 2.60. The molecule has 4 atom stereocenters. The zero-order chi connectivity index (χ0) is 20.8. The molecule has 3 saturated heterocycles. The first-order valence-electron chi connectivity index (χ1n) is 9.96. The molecule has 2 aromatic rings. The van der Waals surface area contributed by atoms with Gasteiger partial charge < -0.3 is 5.32 Å². The van der Waals surface area contributed by atoms with Gasteiger partial charge in [0.05, 0.1) is 17.5 Å². The molecule has 3 amide bonds. The zero-order valence-corrected chi connectivity index (χ0v) is 17.4.